The van der Waals surface area contributed by atoms with Crippen LogP contribution in [0.5, 0.6) is 5.75 Å². The molecular formula is C24H19ClN2O5S. The predicted molar refractivity (Wildman–Crippen MR) is 128 cm³/mol. The Morgan fingerprint density at radius 3 is 2.48 bits per heavy atom. The van der Waals surface area contributed by atoms with Gasteiger partial charge in [0.2, 0.25) is 0 Å². The van der Waals surface area contributed by atoms with Gasteiger partial charge in [0.25, 0.3) is 11.8 Å². The van der Waals surface area contributed by atoms with E-state index in [9.17, 15) is 18.0 Å². The molecule has 0 radical (unpaired) electrons. The van der Waals surface area contributed by atoms with Gasteiger partial charge in [-0.1, -0.05) is 35.9 Å². The van der Waals surface area contributed by atoms with Gasteiger partial charge in [0.15, 0.2) is 9.84 Å². The van der Waals surface area contributed by atoms with E-state index in [1.54, 1.807) is 18.2 Å². The molecule has 3 aromatic carbocycles. The number of sulfone groups is 1. The van der Waals surface area contributed by atoms with Crippen molar-refractivity contribution in [1.29, 1.82) is 0 Å². The van der Waals surface area contributed by atoms with Crippen LogP contribution in [0, 0.1) is 0 Å². The van der Waals surface area contributed by atoms with Crippen LogP contribution in [0.1, 0.15) is 15.9 Å². The summed E-state index contributed by atoms with van der Waals surface area (Å²) < 4.78 is 29.1. The van der Waals surface area contributed by atoms with Gasteiger partial charge in [-0.25, -0.2) is 8.42 Å². The maximum atomic E-state index is 12.6. The predicted octanol–water partition coefficient (Wildman–Crippen LogP) is 4.41. The number of carbonyl (C=O) groups is 2. The van der Waals surface area contributed by atoms with Crippen molar-refractivity contribution in [1.82, 2.24) is 0 Å². The topological polar surface area (TPSA) is 102 Å². The Hall–Kier alpha value is -3.62. The molecule has 0 atom stereocenters. The number of amides is 2. The van der Waals surface area contributed by atoms with Gasteiger partial charge < -0.3 is 15.4 Å². The molecule has 0 unspecified atom stereocenters. The van der Waals surface area contributed by atoms with Crippen molar-refractivity contribution in [2.75, 3.05) is 23.5 Å². The minimum absolute atomic E-state index is 0.0444. The second-order valence-electron chi connectivity index (χ2n) is 7.40. The lowest BCUT2D eigenvalue weighted by Gasteiger charge is -2.17. The molecule has 0 fully saturated rings. The molecule has 0 bridgehead atoms. The second-order valence-corrected chi connectivity index (χ2v) is 9.82. The van der Waals surface area contributed by atoms with Crippen LogP contribution in [0.2, 0.25) is 5.02 Å². The summed E-state index contributed by atoms with van der Waals surface area (Å²) in [7, 11) is -3.44. The van der Waals surface area contributed by atoms with Crippen LogP contribution in [0.15, 0.2) is 77.2 Å². The third-order valence-electron chi connectivity index (χ3n) is 4.92. The first-order valence-corrected chi connectivity index (χ1v) is 12.1. The highest BCUT2D eigenvalue weighted by Crippen LogP contribution is 2.28. The standard InChI is InChI=1S/C24H19ClN2O5S/c1-33(30,31)19-7-4-6-16(12-19)23(28)27-21-10-9-18(13-20(21)25)26-24(29)17-11-15-5-2-3-8-22(15)32-14-17/h2-13H,14H2,1H3,(H,26,29)(H,27,28). The van der Waals surface area contributed by atoms with E-state index in [1.807, 2.05) is 24.3 Å². The molecule has 9 heteroatoms. The lowest BCUT2D eigenvalue weighted by atomic mass is 10.1. The number of nitrogens with one attached hydrogen (secondary N) is 2. The van der Waals surface area contributed by atoms with Crippen LogP contribution in [0.25, 0.3) is 6.08 Å². The number of fused-ring (bicyclic) bond motifs is 1. The largest absolute Gasteiger partial charge is 0.488 e. The zero-order chi connectivity index (χ0) is 23.6. The molecule has 2 N–H and O–H groups in total. The monoisotopic (exact) mass is 482 g/mol. The van der Waals surface area contributed by atoms with E-state index in [0.717, 1.165) is 17.6 Å². The SMILES string of the molecule is CS(=O)(=O)c1cccc(C(=O)Nc2ccc(NC(=O)C3=Cc4ccccc4OC3)cc2Cl)c1. The lowest BCUT2D eigenvalue weighted by molar-refractivity contribution is -0.113. The Bertz CT molecular complexity index is 1400. The summed E-state index contributed by atoms with van der Waals surface area (Å²) in [6, 6.07) is 17.8. The van der Waals surface area contributed by atoms with Gasteiger partial charge in [-0.05, 0) is 48.5 Å². The Morgan fingerprint density at radius 2 is 1.73 bits per heavy atom. The molecular weight excluding hydrogens is 464 g/mol. The maximum absolute atomic E-state index is 12.6. The average molecular weight is 483 g/mol. The molecule has 168 valence electrons. The zero-order valence-corrected chi connectivity index (χ0v) is 19.0. The summed E-state index contributed by atoms with van der Waals surface area (Å²) in [5, 5.41) is 5.63. The Kier molecular flexibility index (Phi) is 6.22. The number of hydrogen-bond donors (Lipinski definition) is 2. The Balaban J connectivity index is 1.46. The molecule has 33 heavy (non-hydrogen) atoms. The number of halogens is 1. The van der Waals surface area contributed by atoms with E-state index in [-0.39, 0.29) is 28.0 Å². The van der Waals surface area contributed by atoms with Crippen LogP contribution >= 0.6 is 11.6 Å². The molecule has 4 rings (SSSR count). The van der Waals surface area contributed by atoms with E-state index in [1.165, 1.54) is 30.3 Å². The number of hydrogen-bond acceptors (Lipinski definition) is 5. The fraction of sp³-hybridized carbons (Fsp3) is 0.0833. The molecule has 3 aromatic rings. The molecule has 1 aliphatic heterocycles. The van der Waals surface area contributed by atoms with Crippen molar-refractivity contribution in [2.24, 2.45) is 0 Å². The molecule has 0 saturated carbocycles. The highest BCUT2D eigenvalue weighted by Gasteiger charge is 2.18. The number of carbonyl (C=O) groups excluding carboxylic acids is 2. The number of benzene rings is 3. The minimum Gasteiger partial charge on any atom is -0.488 e. The fourth-order valence-electron chi connectivity index (χ4n) is 3.22. The van der Waals surface area contributed by atoms with E-state index in [2.05, 4.69) is 10.6 Å². The summed E-state index contributed by atoms with van der Waals surface area (Å²) in [6.07, 6.45) is 2.84. The van der Waals surface area contributed by atoms with Crippen molar-refractivity contribution in [2.45, 2.75) is 4.90 Å². The van der Waals surface area contributed by atoms with Gasteiger partial charge in [0.05, 0.1) is 21.2 Å². The average Bonchev–Trinajstić information content (AvgIpc) is 2.80. The van der Waals surface area contributed by atoms with Crippen LogP contribution in [-0.2, 0) is 14.6 Å². The zero-order valence-electron chi connectivity index (χ0n) is 17.5. The van der Waals surface area contributed by atoms with Gasteiger partial charge in [0.1, 0.15) is 12.4 Å². The van der Waals surface area contributed by atoms with E-state index in [0.29, 0.717) is 16.9 Å². The number of rotatable bonds is 5. The number of anilines is 2. The van der Waals surface area contributed by atoms with Crippen LogP contribution in [-0.4, -0.2) is 33.1 Å². The minimum atomic E-state index is -3.44. The molecule has 2 amide bonds. The quantitative estimate of drug-likeness (QED) is 0.561. The smallest absolute Gasteiger partial charge is 0.255 e. The van der Waals surface area contributed by atoms with Gasteiger partial charge in [-0.3, -0.25) is 9.59 Å². The normalized spacial score (nSPS) is 12.7. The highest BCUT2D eigenvalue weighted by molar-refractivity contribution is 7.90. The maximum Gasteiger partial charge on any atom is 0.255 e. The van der Waals surface area contributed by atoms with Crippen LogP contribution < -0.4 is 15.4 Å². The van der Waals surface area contributed by atoms with E-state index >= 15 is 0 Å². The first kappa shape index (κ1) is 22.6. The number of ether oxygens (including phenoxy) is 1. The van der Waals surface area contributed by atoms with Gasteiger partial charge in [-0.15, -0.1) is 0 Å². The lowest BCUT2D eigenvalue weighted by Crippen LogP contribution is -2.21. The molecule has 1 heterocycles. The molecule has 7 nitrogen and oxygen atoms in total. The van der Waals surface area contributed by atoms with Crippen molar-refractivity contribution >= 4 is 50.7 Å². The first-order valence-electron chi connectivity index (χ1n) is 9.85. The Morgan fingerprint density at radius 1 is 0.939 bits per heavy atom. The van der Waals surface area contributed by atoms with Crippen molar-refractivity contribution in [3.8, 4) is 5.75 Å². The Labute approximate surface area is 196 Å². The third-order valence-corrected chi connectivity index (χ3v) is 6.35. The summed E-state index contributed by atoms with van der Waals surface area (Å²) in [4.78, 5) is 25.2. The second kappa shape index (κ2) is 9.09. The molecule has 0 aromatic heterocycles. The van der Waals surface area contributed by atoms with Gasteiger partial charge >= 0.3 is 0 Å². The third kappa shape index (κ3) is 5.24. The molecule has 1 aliphatic rings. The van der Waals surface area contributed by atoms with Crippen molar-refractivity contribution in [3.05, 3.63) is 88.5 Å². The summed E-state index contributed by atoms with van der Waals surface area (Å²) in [5.74, 6) is -0.114. The van der Waals surface area contributed by atoms with E-state index < -0.39 is 15.7 Å². The van der Waals surface area contributed by atoms with Crippen LogP contribution in [0.3, 0.4) is 0 Å². The van der Waals surface area contributed by atoms with Gasteiger partial charge in [-0.2, -0.15) is 0 Å². The summed E-state index contributed by atoms with van der Waals surface area (Å²) in [6.45, 7) is 0.150. The summed E-state index contributed by atoms with van der Waals surface area (Å²) >= 11 is 6.30. The fourth-order valence-corrected chi connectivity index (χ4v) is 4.11. The molecule has 0 aliphatic carbocycles. The first-order chi connectivity index (χ1) is 15.7. The highest BCUT2D eigenvalue weighted by atomic mass is 35.5. The molecule has 0 spiro atoms. The molecule has 0 saturated heterocycles. The van der Waals surface area contributed by atoms with Gasteiger partial charge in [0, 0.05) is 23.1 Å². The van der Waals surface area contributed by atoms with Crippen LogP contribution in [0.4, 0.5) is 11.4 Å². The van der Waals surface area contributed by atoms with Crippen molar-refractivity contribution in [3.63, 3.8) is 0 Å². The summed E-state index contributed by atoms with van der Waals surface area (Å²) in [5.41, 5.74) is 2.23. The van der Waals surface area contributed by atoms with Crippen molar-refractivity contribution < 1.29 is 22.7 Å². The van der Waals surface area contributed by atoms with E-state index in [4.69, 9.17) is 16.3 Å². The number of para-hydroxylation sites is 1.